The summed E-state index contributed by atoms with van der Waals surface area (Å²) in [5.74, 6) is -3.94. The molecule has 0 aliphatic carbocycles. The number of ether oxygens (including phenoxy) is 1. The Labute approximate surface area is 97.0 Å². The van der Waals surface area contributed by atoms with Crippen LogP contribution in [0.25, 0.3) is 0 Å². The summed E-state index contributed by atoms with van der Waals surface area (Å²) in [5, 5.41) is 19.2. The van der Waals surface area contributed by atoms with Crippen LogP contribution in [0, 0.1) is 17.0 Å². The van der Waals surface area contributed by atoms with Crippen LogP contribution in [0.2, 0.25) is 0 Å². The van der Waals surface area contributed by atoms with Crippen LogP contribution in [0.5, 0.6) is 5.88 Å². The lowest BCUT2D eigenvalue weighted by Gasteiger charge is -2.07. The van der Waals surface area contributed by atoms with E-state index in [2.05, 4.69) is 9.72 Å². The van der Waals surface area contributed by atoms with Gasteiger partial charge in [0.1, 0.15) is 0 Å². The van der Waals surface area contributed by atoms with E-state index in [-0.39, 0.29) is 5.56 Å². The van der Waals surface area contributed by atoms with Gasteiger partial charge in [-0.2, -0.15) is 0 Å². The fraction of sp³-hybridized carbons (Fsp3) is 0.250. The zero-order valence-electron chi connectivity index (χ0n) is 8.69. The Kier molecular flexibility index (Phi) is 3.39. The number of rotatable bonds is 3. The molecule has 0 amide bonds. The van der Waals surface area contributed by atoms with Crippen LogP contribution in [0.3, 0.4) is 0 Å². The maximum absolute atomic E-state index is 12.0. The molecule has 1 heterocycles. The molecule has 0 bridgehead atoms. The lowest BCUT2D eigenvalue weighted by atomic mass is 10.2. The zero-order chi connectivity index (χ0) is 14.1. The Hall–Kier alpha value is -2.39. The number of hydrogen-bond acceptors (Lipinski definition) is 5. The summed E-state index contributed by atoms with van der Waals surface area (Å²) in [7, 11) is 0. The molecule has 98 valence electrons. The zero-order valence-corrected chi connectivity index (χ0v) is 8.69. The van der Waals surface area contributed by atoms with Gasteiger partial charge in [-0.05, 0) is 17.9 Å². The maximum Gasteiger partial charge on any atom is 0.575 e. The van der Waals surface area contributed by atoms with Gasteiger partial charge in [-0.25, -0.2) is 4.79 Å². The van der Waals surface area contributed by atoms with Crippen LogP contribution in [0.15, 0.2) is 6.07 Å². The van der Waals surface area contributed by atoms with Gasteiger partial charge in [-0.3, -0.25) is 0 Å². The van der Waals surface area contributed by atoms with E-state index in [1.54, 1.807) is 0 Å². The highest BCUT2D eigenvalue weighted by molar-refractivity contribution is 5.91. The third kappa shape index (κ3) is 3.06. The van der Waals surface area contributed by atoms with Crippen molar-refractivity contribution in [3.8, 4) is 5.88 Å². The summed E-state index contributed by atoms with van der Waals surface area (Å²) in [6.45, 7) is 1.09. The second-order valence-corrected chi connectivity index (χ2v) is 3.09. The predicted molar refractivity (Wildman–Crippen MR) is 49.3 cm³/mol. The SMILES string of the molecule is Cc1cc(C(=O)O)c([N+](=O)[O-])nc1OC(F)(F)F. The molecule has 0 radical (unpaired) electrons. The van der Waals surface area contributed by atoms with Crippen molar-refractivity contribution in [3.63, 3.8) is 0 Å². The predicted octanol–water partition coefficient (Wildman–Crippen LogP) is 1.90. The van der Waals surface area contributed by atoms with E-state index < -0.39 is 34.5 Å². The number of pyridine rings is 1. The van der Waals surface area contributed by atoms with E-state index in [1.165, 1.54) is 0 Å². The summed E-state index contributed by atoms with van der Waals surface area (Å²) < 4.78 is 39.3. The Bertz CT molecular complexity index is 514. The van der Waals surface area contributed by atoms with Crippen molar-refractivity contribution >= 4 is 11.8 Å². The molecular formula is C8H5F3N2O5. The average molecular weight is 266 g/mol. The van der Waals surface area contributed by atoms with Gasteiger partial charge in [0.25, 0.3) is 0 Å². The second-order valence-electron chi connectivity index (χ2n) is 3.09. The number of nitrogens with zero attached hydrogens (tertiary/aromatic N) is 2. The smallest absolute Gasteiger partial charge is 0.477 e. The van der Waals surface area contributed by atoms with Crippen LogP contribution >= 0.6 is 0 Å². The number of carboxylic acid groups (broad SMARTS) is 1. The summed E-state index contributed by atoms with van der Waals surface area (Å²) in [6, 6.07) is 0.689. The first-order valence-electron chi connectivity index (χ1n) is 4.27. The molecule has 0 fully saturated rings. The van der Waals surface area contributed by atoms with Crippen LogP contribution in [0.1, 0.15) is 15.9 Å². The Morgan fingerprint density at radius 3 is 2.50 bits per heavy atom. The molecule has 0 spiro atoms. The number of alkyl halides is 3. The molecule has 0 saturated carbocycles. The van der Waals surface area contributed by atoms with Gasteiger partial charge in [0, 0.05) is 10.5 Å². The molecule has 10 heteroatoms. The van der Waals surface area contributed by atoms with Gasteiger partial charge in [-0.1, -0.05) is 0 Å². The average Bonchev–Trinajstić information content (AvgIpc) is 2.17. The van der Waals surface area contributed by atoms with Crippen molar-refractivity contribution in [2.24, 2.45) is 0 Å². The summed E-state index contributed by atoms with van der Waals surface area (Å²) in [6.07, 6.45) is -5.07. The number of aryl methyl sites for hydroxylation is 1. The van der Waals surface area contributed by atoms with Gasteiger partial charge in [0.2, 0.25) is 0 Å². The number of aromatic nitrogens is 1. The Morgan fingerprint density at radius 2 is 2.11 bits per heavy atom. The summed E-state index contributed by atoms with van der Waals surface area (Å²) >= 11 is 0. The molecule has 0 saturated heterocycles. The first kappa shape index (κ1) is 13.7. The quantitative estimate of drug-likeness (QED) is 0.662. The number of carboxylic acids is 1. The van der Waals surface area contributed by atoms with Crippen LogP contribution < -0.4 is 4.74 Å². The minimum absolute atomic E-state index is 0.282. The number of hydrogen-bond donors (Lipinski definition) is 1. The summed E-state index contributed by atoms with van der Waals surface area (Å²) in [4.78, 5) is 22.9. The molecule has 1 N–H and O–H groups in total. The third-order valence-electron chi connectivity index (χ3n) is 1.76. The number of halogens is 3. The molecule has 1 aromatic rings. The summed E-state index contributed by atoms with van der Waals surface area (Å²) in [5.41, 5.74) is -1.10. The molecule has 0 aliphatic rings. The van der Waals surface area contributed by atoms with Gasteiger partial charge >= 0.3 is 24.0 Å². The first-order chi connectivity index (χ1) is 8.11. The van der Waals surface area contributed by atoms with E-state index in [4.69, 9.17) is 5.11 Å². The van der Waals surface area contributed by atoms with E-state index in [0.717, 1.165) is 6.92 Å². The fourth-order valence-corrected chi connectivity index (χ4v) is 1.10. The van der Waals surface area contributed by atoms with E-state index in [0.29, 0.717) is 6.07 Å². The monoisotopic (exact) mass is 266 g/mol. The third-order valence-corrected chi connectivity index (χ3v) is 1.76. The molecule has 1 aromatic heterocycles. The minimum Gasteiger partial charge on any atom is -0.477 e. The topological polar surface area (TPSA) is 103 Å². The molecule has 18 heavy (non-hydrogen) atoms. The first-order valence-corrected chi connectivity index (χ1v) is 4.27. The van der Waals surface area contributed by atoms with Crippen molar-refractivity contribution in [2.75, 3.05) is 0 Å². The van der Waals surface area contributed by atoms with Crippen molar-refractivity contribution < 1.29 is 32.7 Å². The Morgan fingerprint density at radius 1 is 1.56 bits per heavy atom. The normalized spacial score (nSPS) is 11.1. The van der Waals surface area contributed by atoms with E-state index in [1.807, 2.05) is 0 Å². The highest BCUT2D eigenvalue weighted by Crippen LogP contribution is 2.28. The number of carbonyl (C=O) groups is 1. The van der Waals surface area contributed by atoms with Crippen molar-refractivity contribution in [1.82, 2.24) is 4.98 Å². The molecule has 7 nitrogen and oxygen atoms in total. The fourth-order valence-electron chi connectivity index (χ4n) is 1.10. The van der Waals surface area contributed by atoms with Crippen molar-refractivity contribution in [1.29, 1.82) is 0 Å². The van der Waals surface area contributed by atoms with Crippen LogP contribution in [0.4, 0.5) is 19.0 Å². The van der Waals surface area contributed by atoms with Gasteiger partial charge in [0.15, 0.2) is 5.56 Å². The van der Waals surface area contributed by atoms with E-state index >= 15 is 0 Å². The number of nitro groups is 1. The van der Waals surface area contributed by atoms with Gasteiger partial charge < -0.3 is 20.0 Å². The highest BCUT2D eigenvalue weighted by Gasteiger charge is 2.36. The molecule has 0 unspecified atom stereocenters. The lowest BCUT2D eigenvalue weighted by molar-refractivity contribution is -0.390. The molecule has 1 rings (SSSR count). The second kappa shape index (κ2) is 4.47. The maximum atomic E-state index is 12.0. The van der Waals surface area contributed by atoms with Crippen molar-refractivity contribution in [3.05, 3.63) is 27.3 Å². The molecular weight excluding hydrogens is 261 g/mol. The van der Waals surface area contributed by atoms with Gasteiger partial charge in [0.05, 0.1) is 0 Å². The van der Waals surface area contributed by atoms with Gasteiger partial charge in [-0.15, -0.1) is 13.2 Å². The standard InChI is InChI=1S/C8H5F3N2O5/c1-3-2-4(7(14)15)5(13(16)17)12-6(3)18-8(9,10)11/h2H,1H3,(H,14,15). The molecule has 0 aliphatic heterocycles. The van der Waals surface area contributed by atoms with Crippen LogP contribution in [-0.4, -0.2) is 27.3 Å². The Balaban J connectivity index is 3.36. The number of aromatic carboxylic acids is 1. The highest BCUT2D eigenvalue weighted by atomic mass is 19.4. The largest absolute Gasteiger partial charge is 0.575 e. The van der Waals surface area contributed by atoms with E-state index in [9.17, 15) is 28.1 Å². The van der Waals surface area contributed by atoms with Crippen molar-refractivity contribution in [2.45, 2.75) is 13.3 Å². The minimum atomic E-state index is -5.07. The molecule has 0 atom stereocenters. The molecule has 0 aromatic carbocycles. The van der Waals surface area contributed by atoms with Crippen LogP contribution in [-0.2, 0) is 0 Å². The lowest BCUT2D eigenvalue weighted by Crippen LogP contribution is -2.19.